The number of esters is 1. The first-order valence-corrected chi connectivity index (χ1v) is 6.01. The van der Waals surface area contributed by atoms with Crippen molar-refractivity contribution in [2.45, 2.75) is 39.0 Å². The minimum absolute atomic E-state index is 0.0597. The van der Waals surface area contributed by atoms with Gasteiger partial charge in [-0.05, 0) is 19.8 Å². The summed E-state index contributed by atoms with van der Waals surface area (Å²) < 4.78 is 4.53. The van der Waals surface area contributed by atoms with Crippen LogP contribution < -0.4 is 0 Å². The van der Waals surface area contributed by atoms with Crippen LogP contribution in [0.5, 0.6) is 0 Å². The maximum Gasteiger partial charge on any atom is 0.305 e. The van der Waals surface area contributed by atoms with Gasteiger partial charge in [0, 0.05) is 25.3 Å². The van der Waals surface area contributed by atoms with E-state index < -0.39 is 0 Å². The van der Waals surface area contributed by atoms with Crippen molar-refractivity contribution < 1.29 is 19.1 Å². The van der Waals surface area contributed by atoms with Crippen molar-refractivity contribution >= 4 is 17.8 Å². The summed E-state index contributed by atoms with van der Waals surface area (Å²) in [5.74, 6) is -0.542. The van der Waals surface area contributed by atoms with E-state index in [-0.39, 0.29) is 23.7 Å². The minimum atomic E-state index is -0.228. The number of hydrogen-bond donors (Lipinski definition) is 0. The molecule has 1 fully saturated rings. The molecule has 1 aliphatic heterocycles. The molecule has 0 aromatic heterocycles. The van der Waals surface area contributed by atoms with Crippen molar-refractivity contribution in [1.29, 1.82) is 0 Å². The highest BCUT2D eigenvalue weighted by Gasteiger charge is 2.36. The first kappa shape index (κ1) is 13.7. The molecule has 0 aromatic carbocycles. The second kappa shape index (κ2) is 6.37. The molecule has 0 spiro atoms. The van der Waals surface area contributed by atoms with Crippen LogP contribution in [0.1, 0.15) is 39.0 Å². The van der Waals surface area contributed by atoms with Gasteiger partial charge >= 0.3 is 5.97 Å². The number of likely N-dealkylation sites (tertiary alicyclic amines) is 1. The Morgan fingerprint density at radius 1 is 1.41 bits per heavy atom. The molecule has 1 saturated heterocycles. The molecule has 0 aliphatic carbocycles. The molecule has 1 rings (SSSR count). The summed E-state index contributed by atoms with van der Waals surface area (Å²) in [7, 11) is 1.36. The van der Waals surface area contributed by atoms with Gasteiger partial charge in [0.05, 0.1) is 7.11 Å². The van der Waals surface area contributed by atoms with Crippen molar-refractivity contribution in [3.05, 3.63) is 0 Å². The molecule has 17 heavy (non-hydrogen) atoms. The third-order valence-electron chi connectivity index (χ3n) is 3.06. The first-order valence-electron chi connectivity index (χ1n) is 6.01. The number of unbranched alkanes of at least 4 members (excludes halogenated alkanes) is 1. The van der Waals surface area contributed by atoms with Gasteiger partial charge in [-0.15, -0.1) is 0 Å². The Bertz CT molecular complexity index is 314. The van der Waals surface area contributed by atoms with Gasteiger partial charge in [-0.3, -0.25) is 19.3 Å². The molecular weight excluding hydrogens is 222 g/mol. The second-order valence-corrected chi connectivity index (χ2v) is 4.20. The molecule has 0 radical (unpaired) electrons. The number of carbonyl (C=O) groups excluding carboxylic acids is 3. The molecular formula is C12H19NO4. The van der Waals surface area contributed by atoms with Crippen LogP contribution in [0.25, 0.3) is 0 Å². The highest BCUT2D eigenvalue weighted by molar-refractivity contribution is 6.03. The summed E-state index contributed by atoms with van der Waals surface area (Å²) in [5, 5.41) is 0. The summed E-state index contributed by atoms with van der Waals surface area (Å²) >= 11 is 0. The Labute approximate surface area is 101 Å². The summed E-state index contributed by atoms with van der Waals surface area (Å²) in [6.07, 6.45) is 2.86. The number of ether oxygens (including phenoxy) is 1. The topological polar surface area (TPSA) is 63.7 Å². The number of amides is 2. The van der Waals surface area contributed by atoms with Gasteiger partial charge in [0.2, 0.25) is 11.8 Å². The highest BCUT2D eigenvalue weighted by Crippen LogP contribution is 2.24. The number of carbonyl (C=O) groups is 3. The molecule has 0 N–H and O–H groups in total. The van der Waals surface area contributed by atoms with E-state index in [0.29, 0.717) is 32.2 Å². The molecule has 1 atom stereocenters. The van der Waals surface area contributed by atoms with Crippen molar-refractivity contribution in [2.24, 2.45) is 5.92 Å². The molecule has 5 nitrogen and oxygen atoms in total. The van der Waals surface area contributed by atoms with Crippen LogP contribution in [0.2, 0.25) is 0 Å². The van der Waals surface area contributed by atoms with Gasteiger partial charge in [-0.25, -0.2) is 0 Å². The molecule has 1 aliphatic rings. The molecule has 5 heteroatoms. The molecule has 96 valence electrons. The number of imide groups is 1. The fourth-order valence-corrected chi connectivity index (χ4v) is 2.07. The van der Waals surface area contributed by atoms with E-state index in [1.807, 2.05) is 0 Å². The van der Waals surface area contributed by atoms with Gasteiger partial charge in [-0.1, -0.05) is 6.42 Å². The van der Waals surface area contributed by atoms with Gasteiger partial charge in [0.1, 0.15) is 0 Å². The van der Waals surface area contributed by atoms with E-state index in [2.05, 4.69) is 4.74 Å². The normalized spacial score (nSPS) is 19.9. The van der Waals surface area contributed by atoms with Crippen LogP contribution in [0.3, 0.4) is 0 Å². The van der Waals surface area contributed by atoms with Crippen LogP contribution in [-0.2, 0) is 19.1 Å². The number of methoxy groups -OCH3 is 1. The van der Waals surface area contributed by atoms with Crippen molar-refractivity contribution in [2.75, 3.05) is 13.7 Å². The van der Waals surface area contributed by atoms with Gasteiger partial charge in [-0.2, -0.15) is 0 Å². The molecule has 2 amide bonds. The highest BCUT2D eigenvalue weighted by atomic mass is 16.5. The average molecular weight is 241 g/mol. The Morgan fingerprint density at radius 2 is 2.12 bits per heavy atom. The van der Waals surface area contributed by atoms with E-state index in [4.69, 9.17) is 0 Å². The smallest absolute Gasteiger partial charge is 0.305 e. The van der Waals surface area contributed by atoms with Crippen molar-refractivity contribution in [3.8, 4) is 0 Å². The fourth-order valence-electron chi connectivity index (χ4n) is 2.07. The number of nitrogens with zero attached hydrogens (tertiary/aromatic N) is 1. The maximum absolute atomic E-state index is 11.7. The quantitative estimate of drug-likeness (QED) is 0.397. The summed E-state index contributed by atoms with van der Waals surface area (Å²) in [6, 6.07) is 0. The molecule has 0 aromatic rings. The Hall–Kier alpha value is -1.39. The lowest BCUT2D eigenvalue weighted by Crippen LogP contribution is -2.30. The molecule has 0 bridgehead atoms. The zero-order valence-corrected chi connectivity index (χ0v) is 10.4. The van der Waals surface area contributed by atoms with E-state index in [9.17, 15) is 14.4 Å². The lowest BCUT2D eigenvalue weighted by Gasteiger charge is -2.11. The fraction of sp³-hybridized carbons (Fsp3) is 0.750. The van der Waals surface area contributed by atoms with Crippen LogP contribution >= 0.6 is 0 Å². The number of hydrogen-bond acceptors (Lipinski definition) is 4. The van der Waals surface area contributed by atoms with Crippen molar-refractivity contribution in [3.63, 3.8) is 0 Å². The number of rotatable bonds is 6. The zero-order chi connectivity index (χ0) is 12.8. The van der Waals surface area contributed by atoms with Crippen LogP contribution in [0, 0.1) is 5.92 Å². The first-order chi connectivity index (χ1) is 8.10. The average Bonchev–Trinajstić information content (AvgIpc) is 2.59. The Kier molecular flexibility index (Phi) is 5.12. The predicted molar refractivity (Wildman–Crippen MR) is 61.0 cm³/mol. The lowest BCUT2D eigenvalue weighted by atomic mass is 10.00. The van der Waals surface area contributed by atoms with Gasteiger partial charge in [0.15, 0.2) is 0 Å². The largest absolute Gasteiger partial charge is 0.469 e. The third kappa shape index (κ3) is 3.54. The van der Waals surface area contributed by atoms with Gasteiger partial charge < -0.3 is 4.74 Å². The van der Waals surface area contributed by atoms with Crippen molar-refractivity contribution in [1.82, 2.24) is 4.90 Å². The summed E-state index contributed by atoms with van der Waals surface area (Å²) in [6.45, 7) is 2.26. The van der Waals surface area contributed by atoms with Crippen LogP contribution in [0.4, 0.5) is 0 Å². The SMILES string of the molecule is CCN1C(=O)CC(CCCCC(=O)OC)C1=O. The van der Waals surface area contributed by atoms with E-state index in [1.54, 1.807) is 6.92 Å². The monoisotopic (exact) mass is 241 g/mol. The Morgan fingerprint density at radius 3 is 2.65 bits per heavy atom. The zero-order valence-electron chi connectivity index (χ0n) is 10.4. The second-order valence-electron chi connectivity index (χ2n) is 4.20. The van der Waals surface area contributed by atoms with E-state index in [0.717, 1.165) is 6.42 Å². The summed E-state index contributed by atoms with van der Waals surface area (Å²) in [5.41, 5.74) is 0. The lowest BCUT2D eigenvalue weighted by molar-refractivity contribution is -0.141. The molecule has 0 saturated carbocycles. The third-order valence-corrected chi connectivity index (χ3v) is 3.06. The molecule has 1 unspecified atom stereocenters. The Balaban J connectivity index is 2.27. The van der Waals surface area contributed by atoms with Gasteiger partial charge in [0.25, 0.3) is 0 Å². The molecule has 1 heterocycles. The predicted octanol–water partition coefficient (Wildman–Crippen LogP) is 1.11. The van der Waals surface area contributed by atoms with Crippen LogP contribution in [-0.4, -0.2) is 36.3 Å². The van der Waals surface area contributed by atoms with Crippen LogP contribution in [0.15, 0.2) is 0 Å². The standard InChI is InChI=1S/C12H19NO4/c1-3-13-10(14)8-9(12(13)16)6-4-5-7-11(15)17-2/h9H,3-8H2,1-2H3. The summed E-state index contributed by atoms with van der Waals surface area (Å²) in [4.78, 5) is 35.4. The van der Waals surface area contributed by atoms with E-state index >= 15 is 0 Å². The van der Waals surface area contributed by atoms with E-state index in [1.165, 1.54) is 12.0 Å². The maximum atomic E-state index is 11.7. The minimum Gasteiger partial charge on any atom is -0.469 e.